The highest BCUT2D eigenvalue weighted by molar-refractivity contribution is 5.71. The third-order valence-electron chi connectivity index (χ3n) is 13.4. The van der Waals surface area contributed by atoms with Crippen LogP contribution in [0.2, 0.25) is 0 Å². The van der Waals surface area contributed by atoms with Gasteiger partial charge in [0.15, 0.2) is 6.10 Å². The summed E-state index contributed by atoms with van der Waals surface area (Å²) in [5.74, 6) is -0.871. The number of allylic oxidation sites excluding steroid dienone is 6. The largest absolute Gasteiger partial charge is 0.462 e. The van der Waals surface area contributed by atoms with Crippen molar-refractivity contribution in [2.75, 3.05) is 13.2 Å². The lowest BCUT2D eigenvalue weighted by atomic mass is 10.0. The van der Waals surface area contributed by atoms with Crippen molar-refractivity contribution < 1.29 is 28.6 Å². The van der Waals surface area contributed by atoms with E-state index in [1.165, 1.54) is 205 Å². The monoisotopic (exact) mass is 955 g/mol. The zero-order valence-corrected chi connectivity index (χ0v) is 45.6. The van der Waals surface area contributed by atoms with Crippen LogP contribution in [0.3, 0.4) is 0 Å². The first-order valence-electron chi connectivity index (χ1n) is 30.0. The van der Waals surface area contributed by atoms with Crippen LogP contribution in [-0.4, -0.2) is 37.2 Å². The second-order valence-electron chi connectivity index (χ2n) is 20.3. The minimum Gasteiger partial charge on any atom is -0.462 e. The Morgan fingerprint density at radius 3 is 0.853 bits per heavy atom. The lowest BCUT2D eigenvalue weighted by molar-refractivity contribution is -0.167. The van der Waals surface area contributed by atoms with Gasteiger partial charge in [-0.05, 0) is 77.0 Å². The molecule has 0 amide bonds. The van der Waals surface area contributed by atoms with Gasteiger partial charge in [0.2, 0.25) is 0 Å². The van der Waals surface area contributed by atoms with Crippen molar-refractivity contribution in [1.82, 2.24) is 0 Å². The average Bonchev–Trinajstić information content (AvgIpc) is 3.34. The highest BCUT2D eigenvalue weighted by Gasteiger charge is 2.19. The third kappa shape index (κ3) is 54.6. The number of esters is 3. The molecule has 0 aromatic heterocycles. The highest BCUT2D eigenvalue weighted by Crippen LogP contribution is 2.17. The smallest absolute Gasteiger partial charge is 0.306 e. The topological polar surface area (TPSA) is 78.9 Å². The van der Waals surface area contributed by atoms with Gasteiger partial charge in [-0.3, -0.25) is 14.4 Å². The van der Waals surface area contributed by atoms with Gasteiger partial charge in [-0.2, -0.15) is 0 Å². The van der Waals surface area contributed by atoms with E-state index in [1.807, 2.05) is 0 Å². The van der Waals surface area contributed by atoms with Gasteiger partial charge in [0.05, 0.1) is 0 Å². The maximum atomic E-state index is 12.9. The summed E-state index contributed by atoms with van der Waals surface area (Å²) in [6.07, 6.45) is 68.5. The van der Waals surface area contributed by atoms with E-state index in [-0.39, 0.29) is 31.1 Å². The predicted octanol–water partition coefficient (Wildman–Crippen LogP) is 20.0. The molecule has 0 aliphatic rings. The molecular weight excluding hydrogens is 841 g/mol. The van der Waals surface area contributed by atoms with Crippen LogP contribution < -0.4 is 0 Å². The normalized spacial score (nSPS) is 12.2. The van der Waals surface area contributed by atoms with Crippen LogP contribution in [0.15, 0.2) is 36.5 Å². The van der Waals surface area contributed by atoms with Gasteiger partial charge >= 0.3 is 17.9 Å². The summed E-state index contributed by atoms with van der Waals surface area (Å²) < 4.78 is 16.9. The summed E-state index contributed by atoms with van der Waals surface area (Å²) in [6, 6.07) is 0. The molecule has 68 heavy (non-hydrogen) atoms. The Balaban J connectivity index is 4.35. The number of unbranched alkanes of at least 4 members (excludes halogenated alkanes) is 38. The quantitative estimate of drug-likeness (QED) is 0.0262. The summed E-state index contributed by atoms with van der Waals surface area (Å²) in [7, 11) is 0. The van der Waals surface area contributed by atoms with Crippen LogP contribution in [0.25, 0.3) is 0 Å². The van der Waals surface area contributed by atoms with Crippen molar-refractivity contribution in [3.05, 3.63) is 36.5 Å². The third-order valence-corrected chi connectivity index (χ3v) is 13.4. The van der Waals surface area contributed by atoms with E-state index in [2.05, 4.69) is 57.2 Å². The van der Waals surface area contributed by atoms with Crippen molar-refractivity contribution in [3.63, 3.8) is 0 Å². The Morgan fingerprint density at radius 2 is 0.529 bits per heavy atom. The van der Waals surface area contributed by atoms with E-state index >= 15 is 0 Å². The van der Waals surface area contributed by atoms with Crippen molar-refractivity contribution in [2.24, 2.45) is 0 Å². The maximum Gasteiger partial charge on any atom is 0.306 e. The van der Waals surface area contributed by atoms with Gasteiger partial charge in [0, 0.05) is 19.3 Å². The molecule has 0 aliphatic carbocycles. The summed E-state index contributed by atoms with van der Waals surface area (Å²) in [5.41, 5.74) is 0. The van der Waals surface area contributed by atoms with Crippen molar-refractivity contribution in [2.45, 2.75) is 329 Å². The van der Waals surface area contributed by atoms with Crippen LogP contribution in [-0.2, 0) is 28.6 Å². The van der Waals surface area contributed by atoms with Gasteiger partial charge in [0.25, 0.3) is 0 Å². The number of hydrogen-bond donors (Lipinski definition) is 0. The Hall–Kier alpha value is -2.37. The average molecular weight is 956 g/mol. The zero-order valence-electron chi connectivity index (χ0n) is 45.6. The molecule has 0 saturated carbocycles. The van der Waals surface area contributed by atoms with Crippen LogP contribution in [0.5, 0.6) is 0 Å². The van der Waals surface area contributed by atoms with E-state index in [0.29, 0.717) is 19.3 Å². The first kappa shape index (κ1) is 65.6. The van der Waals surface area contributed by atoms with Gasteiger partial charge in [0.1, 0.15) is 13.2 Å². The predicted molar refractivity (Wildman–Crippen MR) is 293 cm³/mol. The first-order chi connectivity index (χ1) is 33.5. The number of carbonyl (C=O) groups excluding carboxylic acids is 3. The molecule has 0 bridgehead atoms. The summed E-state index contributed by atoms with van der Waals surface area (Å²) in [4.78, 5) is 38.2. The Bertz CT molecular complexity index is 1140. The molecular formula is C62H114O6. The summed E-state index contributed by atoms with van der Waals surface area (Å²) in [5, 5.41) is 0. The molecule has 0 N–H and O–H groups in total. The number of rotatable bonds is 55. The molecule has 398 valence electrons. The van der Waals surface area contributed by atoms with E-state index in [0.717, 1.165) is 77.0 Å². The van der Waals surface area contributed by atoms with Gasteiger partial charge in [-0.15, -0.1) is 0 Å². The maximum absolute atomic E-state index is 12.9. The molecule has 0 heterocycles. The number of hydrogen-bond acceptors (Lipinski definition) is 6. The minimum atomic E-state index is -0.777. The SMILES string of the molecule is CCCCC/C=C\C/C=C\CCCCCCCCCC(=O)OC(COC(=O)CCCCCCC/C=C\CCCCCCCC)COC(=O)CCCCCCCCCCCCCCCCCCCC. The van der Waals surface area contributed by atoms with Crippen LogP contribution >= 0.6 is 0 Å². The van der Waals surface area contributed by atoms with Crippen LogP contribution in [0.4, 0.5) is 0 Å². The fraction of sp³-hybridized carbons (Fsp3) is 0.855. The number of carbonyl (C=O) groups is 3. The second kappa shape index (κ2) is 57.2. The van der Waals surface area contributed by atoms with Crippen molar-refractivity contribution in [1.29, 1.82) is 0 Å². The van der Waals surface area contributed by atoms with Crippen LogP contribution in [0.1, 0.15) is 323 Å². The van der Waals surface area contributed by atoms with Gasteiger partial charge < -0.3 is 14.2 Å². The molecule has 6 heteroatoms. The number of ether oxygens (including phenoxy) is 3. The Morgan fingerprint density at radius 1 is 0.294 bits per heavy atom. The molecule has 0 fully saturated rings. The van der Waals surface area contributed by atoms with Crippen LogP contribution in [0, 0.1) is 0 Å². The van der Waals surface area contributed by atoms with Crippen molar-refractivity contribution >= 4 is 17.9 Å². The molecule has 6 nitrogen and oxygen atoms in total. The van der Waals surface area contributed by atoms with Crippen molar-refractivity contribution in [3.8, 4) is 0 Å². The molecule has 0 rings (SSSR count). The van der Waals surface area contributed by atoms with E-state index in [9.17, 15) is 14.4 Å². The van der Waals surface area contributed by atoms with E-state index < -0.39 is 6.10 Å². The lowest BCUT2D eigenvalue weighted by Gasteiger charge is -2.18. The lowest BCUT2D eigenvalue weighted by Crippen LogP contribution is -2.30. The molecule has 0 aromatic carbocycles. The van der Waals surface area contributed by atoms with E-state index in [1.54, 1.807) is 0 Å². The summed E-state index contributed by atoms with van der Waals surface area (Å²) >= 11 is 0. The Labute approximate surface area is 423 Å². The highest BCUT2D eigenvalue weighted by atomic mass is 16.6. The van der Waals surface area contributed by atoms with Gasteiger partial charge in [-0.1, -0.05) is 263 Å². The summed E-state index contributed by atoms with van der Waals surface area (Å²) in [6.45, 7) is 6.64. The second-order valence-corrected chi connectivity index (χ2v) is 20.3. The van der Waals surface area contributed by atoms with Gasteiger partial charge in [-0.25, -0.2) is 0 Å². The first-order valence-corrected chi connectivity index (χ1v) is 30.0. The standard InChI is InChI=1S/C62H114O6/c1-4-7-10-13-16-19-22-25-28-30-32-34-37-40-43-46-49-52-55-61(64)67-58-59(57-66-60(63)54-51-48-45-42-39-36-33-27-24-21-18-15-12-9-6-3)68-62(65)56-53-50-47-44-41-38-35-31-29-26-23-20-17-14-11-8-5-2/h17,20,26-27,29,33,59H,4-16,18-19,21-25,28,30-32,34-58H2,1-3H3/b20-17-,29-26-,33-27-. The zero-order chi connectivity index (χ0) is 49.3. The van der Waals surface area contributed by atoms with E-state index in [4.69, 9.17) is 14.2 Å². The Kier molecular flexibility index (Phi) is 55.2. The molecule has 1 unspecified atom stereocenters. The molecule has 0 aromatic rings. The fourth-order valence-electron chi connectivity index (χ4n) is 8.82. The molecule has 0 radical (unpaired) electrons. The molecule has 0 aliphatic heterocycles. The fourth-order valence-corrected chi connectivity index (χ4v) is 8.82. The molecule has 1 atom stereocenters. The molecule has 0 spiro atoms. The molecule has 0 saturated heterocycles. The minimum absolute atomic E-state index is 0.0742.